The van der Waals surface area contributed by atoms with Crippen LogP contribution in [0.5, 0.6) is 11.5 Å². The van der Waals surface area contributed by atoms with Crippen LogP contribution in [0, 0.1) is 6.92 Å². The minimum atomic E-state index is -0.0301. The maximum Gasteiger partial charge on any atom is 0.161 e. The Morgan fingerprint density at radius 2 is 2.13 bits per heavy atom. The van der Waals surface area contributed by atoms with Crippen LogP contribution in [0.2, 0.25) is 0 Å². The summed E-state index contributed by atoms with van der Waals surface area (Å²) in [5, 5.41) is 6.78. The first kappa shape index (κ1) is 14.3. The number of nitrogens with zero attached hydrogens (tertiary/aromatic N) is 2. The van der Waals surface area contributed by atoms with Gasteiger partial charge in [-0.2, -0.15) is 0 Å². The van der Waals surface area contributed by atoms with Crippen molar-refractivity contribution in [2.24, 2.45) is 0 Å². The van der Waals surface area contributed by atoms with E-state index in [1.54, 1.807) is 0 Å². The van der Waals surface area contributed by atoms with Crippen molar-refractivity contribution in [3.05, 3.63) is 41.3 Å². The molecule has 4 rings (SSSR count). The number of anilines is 1. The van der Waals surface area contributed by atoms with Gasteiger partial charge in [0.25, 0.3) is 0 Å². The predicted octanol–water partition coefficient (Wildman–Crippen LogP) is 1.68. The molecule has 0 radical (unpaired) electrons. The Kier molecular flexibility index (Phi) is 3.75. The Morgan fingerprint density at radius 1 is 1.26 bits per heavy atom. The molecule has 6 nitrogen and oxygen atoms in total. The molecule has 0 amide bonds. The van der Waals surface area contributed by atoms with Crippen molar-refractivity contribution in [2.75, 3.05) is 25.0 Å². The Bertz CT molecular complexity index is 720. The van der Waals surface area contributed by atoms with Gasteiger partial charge in [-0.25, -0.2) is 9.97 Å². The smallest absolute Gasteiger partial charge is 0.161 e. The molecule has 23 heavy (non-hydrogen) atoms. The summed E-state index contributed by atoms with van der Waals surface area (Å²) in [6, 6.07) is 7.76. The van der Waals surface area contributed by atoms with E-state index in [1.165, 1.54) is 5.56 Å². The molecule has 6 heteroatoms. The number of aryl methyl sites for hydroxylation is 1. The summed E-state index contributed by atoms with van der Waals surface area (Å²) in [5.74, 6) is 3.33. The van der Waals surface area contributed by atoms with Crippen molar-refractivity contribution < 1.29 is 9.47 Å². The average Bonchev–Trinajstić information content (AvgIpc) is 2.59. The molecule has 1 aromatic heterocycles. The Hall–Kier alpha value is -2.34. The highest BCUT2D eigenvalue weighted by atomic mass is 16.6. The minimum Gasteiger partial charge on any atom is -0.486 e. The van der Waals surface area contributed by atoms with Crippen LogP contribution in [0.3, 0.4) is 0 Å². The molecule has 0 aliphatic carbocycles. The van der Waals surface area contributed by atoms with Crippen molar-refractivity contribution in [1.82, 2.24) is 15.3 Å². The van der Waals surface area contributed by atoms with Gasteiger partial charge < -0.3 is 20.1 Å². The van der Waals surface area contributed by atoms with E-state index < -0.39 is 0 Å². The molecule has 0 fully saturated rings. The van der Waals surface area contributed by atoms with Crippen molar-refractivity contribution >= 4 is 5.82 Å². The summed E-state index contributed by atoms with van der Waals surface area (Å²) in [5.41, 5.74) is 2.31. The van der Waals surface area contributed by atoms with Crippen molar-refractivity contribution in [3.8, 4) is 11.5 Å². The molecule has 0 saturated heterocycles. The number of fused-ring (bicyclic) bond motifs is 2. The van der Waals surface area contributed by atoms with Crippen LogP contribution in [0.4, 0.5) is 5.82 Å². The summed E-state index contributed by atoms with van der Waals surface area (Å²) in [6.45, 7) is 4.90. The van der Waals surface area contributed by atoms with Crippen molar-refractivity contribution in [2.45, 2.75) is 26.0 Å². The summed E-state index contributed by atoms with van der Waals surface area (Å²) in [4.78, 5) is 9.10. The van der Waals surface area contributed by atoms with Gasteiger partial charge in [-0.05, 0) is 32.0 Å². The van der Waals surface area contributed by atoms with Crippen LogP contribution < -0.4 is 20.1 Å². The number of hydrogen-bond acceptors (Lipinski definition) is 6. The quantitative estimate of drug-likeness (QED) is 0.899. The number of ether oxygens (including phenoxy) is 2. The summed E-state index contributed by atoms with van der Waals surface area (Å²) in [7, 11) is 0. The molecule has 0 spiro atoms. The number of para-hydroxylation sites is 2. The van der Waals surface area contributed by atoms with Gasteiger partial charge in [0.2, 0.25) is 0 Å². The van der Waals surface area contributed by atoms with Crippen molar-refractivity contribution in [3.63, 3.8) is 0 Å². The molecular weight excluding hydrogens is 292 g/mol. The van der Waals surface area contributed by atoms with Crippen LogP contribution in [0.15, 0.2) is 24.3 Å². The lowest BCUT2D eigenvalue weighted by atomic mass is 10.1. The van der Waals surface area contributed by atoms with Gasteiger partial charge in [-0.15, -0.1) is 0 Å². The molecule has 2 aromatic rings. The number of hydrogen-bond donors (Lipinski definition) is 2. The lowest BCUT2D eigenvalue weighted by molar-refractivity contribution is 0.0997. The van der Waals surface area contributed by atoms with E-state index in [0.29, 0.717) is 13.2 Å². The van der Waals surface area contributed by atoms with E-state index in [1.807, 2.05) is 31.2 Å². The van der Waals surface area contributed by atoms with Gasteiger partial charge >= 0.3 is 0 Å². The summed E-state index contributed by atoms with van der Waals surface area (Å²) < 4.78 is 11.7. The molecule has 0 unspecified atom stereocenters. The third kappa shape index (κ3) is 2.94. The second-order valence-corrected chi connectivity index (χ2v) is 5.85. The second-order valence-electron chi connectivity index (χ2n) is 5.85. The molecule has 0 bridgehead atoms. The topological polar surface area (TPSA) is 68.3 Å². The van der Waals surface area contributed by atoms with E-state index in [0.717, 1.165) is 48.3 Å². The molecule has 2 N–H and O–H groups in total. The summed E-state index contributed by atoms with van der Waals surface area (Å²) in [6.07, 6.45) is 0.917. The lowest BCUT2D eigenvalue weighted by Gasteiger charge is -2.27. The van der Waals surface area contributed by atoms with Crippen LogP contribution in [0.1, 0.15) is 17.1 Å². The van der Waals surface area contributed by atoms with Crippen molar-refractivity contribution in [1.29, 1.82) is 0 Å². The fraction of sp³-hybridized carbons (Fsp3) is 0.412. The Morgan fingerprint density at radius 3 is 3.04 bits per heavy atom. The maximum atomic E-state index is 5.98. The van der Waals surface area contributed by atoms with Crippen LogP contribution >= 0.6 is 0 Å². The van der Waals surface area contributed by atoms with Gasteiger partial charge in [0.05, 0.1) is 12.2 Å². The third-order valence-electron chi connectivity index (χ3n) is 4.11. The van der Waals surface area contributed by atoms with Gasteiger partial charge in [0.1, 0.15) is 24.4 Å². The number of nitrogens with one attached hydrogen (secondary N) is 2. The van der Waals surface area contributed by atoms with Gasteiger partial charge in [-0.3, -0.25) is 0 Å². The van der Waals surface area contributed by atoms with E-state index in [2.05, 4.69) is 20.6 Å². The zero-order valence-corrected chi connectivity index (χ0v) is 13.1. The van der Waals surface area contributed by atoms with E-state index >= 15 is 0 Å². The first-order valence-corrected chi connectivity index (χ1v) is 7.99. The highest BCUT2D eigenvalue weighted by Gasteiger charge is 2.22. The standard InChI is InChI=1S/C17H20N4O2/c1-11-20-14-9-18-7-6-13(14)17(21-11)19-8-12-10-22-15-4-2-3-5-16(15)23-12/h2-5,12,18H,6-10H2,1H3,(H,19,20,21)/t12-/m0/s1. The summed E-state index contributed by atoms with van der Waals surface area (Å²) >= 11 is 0. The second kappa shape index (κ2) is 6.04. The molecule has 1 atom stereocenters. The van der Waals surface area contributed by atoms with Gasteiger partial charge in [0.15, 0.2) is 11.5 Å². The molecule has 3 heterocycles. The molecule has 0 saturated carbocycles. The Labute approximate surface area is 135 Å². The third-order valence-corrected chi connectivity index (χ3v) is 4.11. The lowest BCUT2D eigenvalue weighted by Crippen LogP contribution is -2.36. The first-order chi connectivity index (χ1) is 11.3. The molecular formula is C17H20N4O2. The highest BCUT2D eigenvalue weighted by Crippen LogP contribution is 2.31. The van der Waals surface area contributed by atoms with Gasteiger partial charge in [0, 0.05) is 12.1 Å². The van der Waals surface area contributed by atoms with E-state index in [4.69, 9.17) is 9.47 Å². The molecule has 2 aliphatic heterocycles. The number of aromatic nitrogens is 2. The minimum absolute atomic E-state index is 0.0301. The van der Waals surface area contributed by atoms with Crippen LogP contribution in [0.25, 0.3) is 0 Å². The molecule has 1 aromatic carbocycles. The van der Waals surface area contributed by atoms with E-state index in [-0.39, 0.29) is 6.10 Å². The fourth-order valence-electron chi connectivity index (χ4n) is 3.00. The Balaban J connectivity index is 1.47. The zero-order chi connectivity index (χ0) is 15.6. The average molecular weight is 312 g/mol. The normalized spacial score (nSPS) is 19.1. The largest absolute Gasteiger partial charge is 0.486 e. The SMILES string of the molecule is Cc1nc2c(c(NC[C@H]3COc4ccccc4O3)n1)CCNC2. The predicted molar refractivity (Wildman–Crippen MR) is 87.0 cm³/mol. The fourth-order valence-corrected chi connectivity index (χ4v) is 3.00. The zero-order valence-electron chi connectivity index (χ0n) is 13.1. The highest BCUT2D eigenvalue weighted by molar-refractivity contribution is 5.48. The van der Waals surface area contributed by atoms with Crippen LogP contribution in [-0.4, -0.2) is 35.8 Å². The van der Waals surface area contributed by atoms with E-state index in [9.17, 15) is 0 Å². The molecule has 2 aliphatic rings. The van der Waals surface area contributed by atoms with Gasteiger partial charge in [-0.1, -0.05) is 12.1 Å². The monoisotopic (exact) mass is 312 g/mol. The first-order valence-electron chi connectivity index (χ1n) is 7.99. The maximum absolute atomic E-state index is 5.98. The molecule has 120 valence electrons. The van der Waals surface area contributed by atoms with Crippen LogP contribution in [-0.2, 0) is 13.0 Å². The number of rotatable bonds is 3. The number of benzene rings is 1.